The van der Waals surface area contributed by atoms with Crippen molar-refractivity contribution in [3.63, 3.8) is 0 Å². The van der Waals surface area contributed by atoms with Crippen molar-refractivity contribution in [3.8, 4) is 67.5 Å². The SMILES string of the molecule is [2H]c1c([2H])c([2H])c(-c2nc(-c3c([2H])c([2H])c([2H])c(C)c3[2H])nc(-c3c([2H])c(-c4ccc(-c5ccccc5)cc4)c([2H])c(-c4cccc5c4oc4ccccc45)c3[2H])n2)c([2H])c1[2H]. The predicted molar refractivity (Wildman–Crippen MR) is 204 cm³/mol. The van der Waals surface area contributed by atoms with E-state index in [1.807, 2.05) is 72.8 Å². The minimum atomic E-state index is -0.682. The molecule has 2 heterocycles. The summed E-state index contributed by atoms with van der Waals surface area (Å²) in [7, 11) is 0. The summed E-state index contributed by atoms with van der Waals surface area (Å²) < 4.78 is 113. The van der Waals surface area contributed by atoms with Gasteiger partial charge in [-0.3, -0.25) is 0 Å². The lowest BCUT2D eigenvalue weighted by Crippen LogP contribution is -2.00. The Labute approximate surface area is 307 Å². The van der Waals surface area contributed by atoms with E-state index >= 15 is 0 Å². The Bertz CT molecular complexity index is 3190. The first-order valence-corrected chi connectivity index (χ1v) is 15.8. The zero-order valence-corrected chi connectivity index (χ0v) is 26.5. The number of hydrogen-bond donors (Lipinski definition) is 0. The zero-order valence-electron chi connectivity index (χ0n) is 38.5. The number of nitrogens with zero attached hydrogens (tertiary/aromatic N) is 3. The molecule has 2 aromatic heterocycles. The Balaban J connectivity index is 1.41. The Morgan fingerprint density at radius 2 is 1.04 bits per heavy atom. The quantitative estimate of drug-likeness (QED) is 0.179. The first-order chi connectivity index (χ1) is 29.7. The van der Waals surface area contributed by atoms with Gasteiger partial charge in [0.15, 0.2) is 17.5 Å². The first kappa shape index (κ1) is 19.4. The summed E-state index contributed by atoms with van der Waals surface area (Å²) in [5.74, 6) is -1.31. The number of rotatable bonds is 6. The lowest BCUT2D eigenvalue weighted by molar-refractivity contribution is 0.670. The number of hydrogen-bond acceptors (Lipinski definition) is 4. The van der Waals surface area contributed by atoms with E-state index in [1.165, 1.54) is 6.92 Å². The highest BCUT2D eigenvalue weighted by molar-refractivity contribution is 6.09. The average Bonchev–Trinajstić information content (AvgIpc) is 3.66. The van der Waals surface area contributed by atoms with Crippen LogP contribution in [0.25, 0.3) is 89.5 Å². The third-order valence-corrected chi connectivity index (χ3v) is 8.26. The molecule has 0 unspecified atom stereocenters. The van der Waals surface area contributed by atoms with Crippen LogP contribution in [0.15, 0.2) is 174 Å². The minimum absolute atomic E-state index is 0.0377. The van der Waals surface area contributed by atoms with Gasteiger partial charge in [0.05, 0.1) is 16.4 Å². The number of benzene rings is 7. The van der Waals surface area contributed by atoms with E-state index in [-0.39, 0.29) is 58.0 Å². The van der Waals surface area contributed by atoms with Gasteiger partial charge >= 0.3 is 0 Å². The van der Waals surface area contributed by atoms with Gasteiger partial charge in [0.2, 0.25) is 0 Å². The van der Waals surface area contributed by atoms with Crippen molar-refractivity contribution in [1.82, 2.24) is 15.0 Å². The van der Waals surface area contributed by atoms with Gasteiger partial charge in [0.25, 0.3) is 0 Å². The fraction of sp³-hybridized carbons (Fsp3) is 0.0217. The van der Waals surface area contributed by atoms with Crippen LogP contribution in [0, 0.1) is 6.92 Å². The van der Waals surface area contributed by atoms with Crippen LogP contribution in [0.2, 0.25) is 0 Å². The first-order valence-electron chi connectivity index (χ1n) is 21.8. The van der Waals surface area contributed by atoms with E-state index in [4.69, 9.17) is 16.8 Å². The van der Waals surface area contributed by atoms with Gasteiger partial charge < -0.3 is 4.42 Å². The monoisotopic (exact) mass is 653 g/mol. The highest BCUT2D eigenvalue weighted by Gasteiger charge is 2.17. The van der Waals surface area contributed by atoms with E-state index in [9.17, 15) is 4.11 Å². The van der Waals surface area contributed by atoms with E-state index in [1.54, 1.807) is 24.3 Å². The summed E-state index contributed by atoms with van der Waals surface area (Å²) in [6.45, 7) is 1.43. The topological polar surface area (TPSA) is 51.8 Å². The molecule has 0 saturated carbocycles. The molecule has 0 aliphatic carbocycles. The molecule has 0 aliphatic heterocycles. The minimum Gasteiger partial charge on any atom is -0.455 e. The normalized spacial score (nSPS) is 14.7. The molecule has 9 rings (SSSR count). The molecule has 0 radical (unpaired) electrons. The van der Waals surface area contributed by atoms with E-state index in [0.29, 0.717) is 22.3 Å². The van der Waals surface area contributed by atoms with Crippen LogP contribution in [0.1, 0.15) is 22.0 Å². The van der Waals surface area contributed by atoms with Crippen molar-refractivity contribution in [3.05, 3.63) is 175 Å². The fourth-order valence-corrected chi connectivity index (χ4v) is 5.89. The molecule has 50 heavy (non-hydrogen) atoms. The zero-order chi connectivity index (χ0) is 43.9. The maximum Gasteiger partial charge on any atom is 0.164 e. The van der Waals surface area contributed by atoms with Crippen LogP contribution in [-0.2, 0) is 0 Å². The third-order valence-electron chi connectivity index (χ3n) is 8.26. The second-order valence-corrected chi connectivity index (χ2v) is 11.5. The van der Waals surface area contributed by atoms with Gasteiger partial charge in [0, 0.05) is 33.0 Å². The second-order valence-electron chi connectivity index (χ2n) is 11.5. The van der Waals surface area contributed by atoms with Gasteiger partial charge in [-0.05, 0) is 65.0 Å². The standard InChI is InChI=1S/C46H31N3O/c1-30-12-10-17-35(26-30)45-47-44(34-15-6-3-7-16-34)48-46(49-45)38-28-36(33-24-22-32(23-25-33)31-13-4-2-5-14-31)27-37(29-38)39-19-11-20-41-40-18-8-9-21-42(40)50-43(39)41/h2-29H,1H3/i3D,6D,7D,10D,12D,15D,16D,17D,26D,27D,28D,29D. The van der Waals surface area contributed by atoms with Crippen molar-refractivity contribution >= 4 is 21.9 Å². The van der Waals surface area contributed by atoms with Crippen molar-refractivity contribution in [1.29, 1.82) is 0 Å². The Morgan fingerprint density at radius 1 is 0.440 bits per heavy atom. The molecule has 0 N–H and O–H groups in total. The predicted octanol–water partition coefficient (Wildman–Crippen LogP) is 12.1. The van der Waals surface area contributed by atoms with Crippen LogP contribution in [0.5, 0.6) is 0 Å². The fourth-order valence-electron chi connectivity index (χ4n) is 5.89. The Kier molecular flexibility index (Phi) is 4.81. The second kappa shape index (κ2) is 12.4. The van der Waals surface area contributed by atoms with Gasteiger partial charge in [-0.15, -0.1) is 0 Å². The highest BCUT2D eigenvalue weighted by Crippen LogP contribution is 2.39. The highest BCUT2D eigenvalue weighted by atomic mass is 16.3. The van der Waals surface area contributed by atoms with E-state index in [0.717, 1.165) is 21.9 Å². The molecule has 0 saturated heterocycles. The van der Waals surface area contributed by atoms with E-state index < -0.39 is 65.3 Å². The molecule has 0 aliphatic rings. The van der Waals surface area contributed by atoms with Crippen molar-refractivity contribution in [2.75, 3.05) is 0 Å². The maximum atomic E-state index is 9.86. The van der Waals surface area contributed by atoms with Crippen LogP contribution < -0.4 is 0 Å². The lowest BCUT2D eigenvalue weighted by Gasteiger charge is -2.13. The van der Waals surface area contributed by atoms with Gasteiger partial charge in [-0.25, -0.2) is 15.0 Å². The van der Waals surface area contributed by atoms with Gasteiger partial charge in [-0.2, -0.15) is 0 Å². The third kappa shape index (κ3) is 5.53. The summed E-state index contributed by atoms with van der Waals surface area (Å²) in [4.78, 5) is 13.7. The molecule has 7 aromatic carbocycles. The van der Waals surface area contributed by atoms with Crippen LogP contribution in [0.4, 0.5) is 0 Å². The summed E-state index contributed by atoms with van der Waals surface area (Å²) >= 11 is 0. The molecular formula is C46H31N3O. The average molecular weight is 654 g/mol. The van der Waals surface area contributed by atoms with Crippen LogP contribution in [0.3, 0.4) is 0 Å². The smallest absolute Gasteiger partial charge is 0.164 e. The molecule has 236 valence electrons. The van der Waals surface area contributed by atoms with Crippen molar-refractivity contribution < 1.29 is 20.9 Å². The number of aromatic nitrogens is 3. The van der Waals surface area contributed by atoms with Crippen LogP contribution in [-0.4, -0.2) is 15.0 Å². The number of para-hydroxylation sites is 2. The summed E-state index contributed by atoms with van der Waals surface area (Å²) in [5.41, 5.74) is 2.79. The molecular weight excluding hydrogens is 611 g/mol. The molecule has 0 spiro atoms. The van der Waals surface area contributed by atoms with Crippen LogP contribution >= 0.6 is 0 Å². The summed E-state index contributed by atoms with van der Waals surface area (Å²) in [5, 5.41) is 1.53. The summed E-state index contributed by atoms with van der Waals surface area (Å²) in [6, 6.07) is 23.6. The molecule has 0 fully saturated rings. The maximum absolute atomic E-state index is 9.86. The van der Waals surface area contributed by atoms with Gasteiger partial charge in [-0.1, -0.05) is 145 Å². The lowest BCUT2D eigenvalue weighted by atomic mass is 9.94. The number of furan rings is 1. The van der Waals surface area contributed by atoms with Gasteiger partial charge in [0.1, 0.15) is 11.2 Å². The summed E-state index contributed by atoms with van der Waals surface area (Å²) in [6.07, 6.45) is 0. The van der Waals surface area contributed by atoms with E-state index in [2.05, 4.69) is 15.0 Å². The Morgan fingerprint density at radius 3 is 1.84 bits per heavy atom. The van der Waals surface area contributed by atoms with Crippen molar-refractivity contribution in [2.45, 2.75) is 6.92 Å². The number of fused-ring (bicyclic) bond motifs is 3. The van der Waals surface area contributed by atoms with Crippen molar-refractivity contribution in [2.24, 2.45) is 0 Å². The molecule has 0 atom stereocenters. The largest absolute Gasteiger partial charge is 0.455 e. The Hall–Kier alpha value is -6.65. The molecule has 4 nitrogen and oxygen atoms in total. The molecule has 4 heteroatoms. The molecule has 0 amide bonds. The molecule has 9 aromatic rings. The molecule has 0 bridgehead atoms.